The lowest BCUT2D eigenvalue weighted by molar-refractivity contribution is 0.174. The topological polar surface area (TPSA) is 32.3 Å². The van der Waals surface area contributed by atoms with E-state index in [0.29, 0.717) is 11.6 Å². The molecule has 1 aromatic carbocycles. The van der Waals surface area contributed by atoms with Crippen molar-refractivity contribution >= 4 is 11.6 Å². The highest BCUT2D eigenvalue weighted by Crippen LogP contribution is 2.21. The van der Waals surface area contributed by atoms with Crippen LogP contribution in [0.15, 0.2) is 24.3 Å². The van der Waals surface area contributed by atoms with Crippen molar-refractivity contribution in [1.82, 2.24) is 5.32 Å². The summed E-state index contributed by atoms with van der Waals surface area (Å²) < 4.78 is 0. The third-order valence-electron chi connectivity index (χ3n) is 2.74. The van der Waals surface area contributed by atoms with Gasteiger partial charge in [0.15, 0.2) is 0 Å². The monoisotopic (exact) mass is 255 g/mol. The fourth-order valence-electron chi connectivity index (χ4n) is 1.73. The molecule has 0 aliphatic rings. The van der Waals surface area contributed by atoms with Crippen LogP contribution in [0.2, 0.25) is 5.02 Å². The summed E-state index contributed by atoms with van der Waals surface area (Å²) in [5.41, 5.74) is 0.797. The maximum absolute atomic E-state index is 9.96. The summed E-state index contributed by atoms with van der Waals surface area (Å²) in [7, 11) is 0. The van der Waals surface area contributed by atoms with Gasteiger partial charge in [-0.25, -0.2) is 0 Å². The zero-order valence-corrected chi connectivity index (χ0v) is 11.4. The van der Waals surface area contributed by atoms with Crippen LogP contribution in [0.3, 0.4) is 0 Å². The van der Waals surface area contributed by atoms with Crippen molar-refractivity contribution < 1.29 is 5.11 Å². The van der Waals surface area contributed by atoms with E-state index in [1.165, 1.54) is 6.42 Å². The molecule has 0 saturated carbocycles. The highest BCUT2D eigenvalue weighted by Gasteiger charge is 2.09. The summed E-state index contributed by atoms with van der Waals surface area (Å²) in [6, 6.07) is 7.43. The fourth-order valence-corrected chi connectivity index (χ4v) is 1.99. The van der Waals surface area contributed by atoms with Gasteiger partial charge in [-0.15, -0.1) is 0 Å². The molecule has 0 aliphatic heterocycles. The van der Waals surface area contributed by atoms with E-state index in [0.717, 1.165) is 24.4 Å². The lowest BCUT2D eigenvalue weighted by Gasteiger charge is -2.13. The van der Waals surface area contributed by atoms with Crippen LogP contribution in [0.1, 0.15) is 38.4 Å². The summed E-state index contributed by atoms with van der Waals surface area (Å²) >= 11 is 6.01. The van der Waals surface area contributed by atoms with E-state index in [4.69, 9.17) is 11.6 Å². The molecule has 0 bridgehead atoms. The zero-order valence-electron chi connectivity index (χ0n) is 10.6. The molecule has 1 unspecified atom stereocenters. The van der Waals surface area contributed by atoms with Crippen molar-refractivity contribution in [2.75, 3.05) is 13.1 Å². The Bertz CT molecular complexity index is 328. The van der Waals surface area contributed by atoms with E-state index in [9.17, 15) is 5.11 Å². The van der Waals surface area contributed by atoms with Crippen LogP contribution in [0.4, 0.5) is 0 Å². The number of aliphatic hydroxyl groups excluding tert-OH is 1. The molecule has 0 heterocycles. The van der Waals surface area contributed by atoms with Gasteiger partial charge in [-0.1, -0.05) is 43.6 Å². The Kier molecular flexibility index (Phi) is 6.56. The van der Waals surface area contributed by atoms with E-state index < -0.39 is 6.10 Å². The molecule has 0 aliphatic carbocycles. The Morgan fingerprint density at radius 2 is 2.00 bits per heavy atom. The number of aliphatic hydroxyl groups is 1. The van der Waals surface area contributed by atoms with Crippen molar-refractivity contribution in [3.8, 4) is 0 Å². The second kappa shape index (κ2) is 7.70. The van der Waals surface area contributed by atoms with Crippen molar-refractivity contribution in [2.24, 2.45) is 5.92 Å². The van der Waals surface area contributed by atoms with Gasteiger partial charge in [-0.05, 0) is 31.4 Å². The van der Waals surface area contributed by atoms with Crippen LogP contribution in [0.25, 0.3) is 0 Å². The molecule has 0 aromatic heterocycles. The molecule has 2 N–H and O–H groups in total. The molecule has 0 saturated heterocycles. The number of rotatable bonds is 7. The minimum atomic E-state index is -0.525. The Morgan fingerprint density at radius 3 is 2.65 bits per heavy atom. The standard InChI is InChI=1S/C14H22ClNO/c1-11(2)6-5-9-16-10-14(17)12-7-3-4-8-13(12)15/h3-4,7-8,11,14,16-17H,5-6,9-10H2,1-2H3. The molecule has 0 spiro atoms. The van der Waals surface area contributed by atoms with Gasteiger partial charge in [0.1, 0.15) is 0 Å². The van der Waals surface area contributed by atoms with Gasteiger partial charge in [0.25, 0.3) is 0 Å². The lowest BCUT2D eigenvalue weighted by atomic mass is 10.1. The molecule has 17 heavy (non-hydrogen) atoms. The predicted molar refractivity (Wildman–Crippen MR) is 73.4 cm³/mol. The molecule has 0 amide bonds. The predicted octanol–water partition coefficient (Wildman–Crippen LogP) is 3.40. The maximum Gasteiger partial charge on any atom is 0.0928 e. The summed E-state index contributed by atoms with van der Waals surface area (Å²) in [4.78, 5) is 0. The Labute approximate surface area is 109 Å². The highest BCUT2D eigenvalue weighted by molar-refractivity contribution is 6.31. The largest absolute Gasteiger partial charge is 0.387 e. The molecule has 0 fully saturated rings. The number of benzene rings is 1. The smallest absolute Gasteiger partial charge is 0.0928 e. The molecule has 1 rings (SSSR count). The number of nitrogens with one attached hydrogen (secondary N) is 1. The second-order valence-electron chi connectivity index (χ2n) is 4.78. The molecule has 0 radical (unpaired) electrons. The van der Waals surface area contributed by atoms with Gasteiger partial charge in [0, 0.05) is 17.1 Å². The van der Waals surface area contributed by atoms with E-state index in [1.54, 1.807) is 6.07 Å². The Hall–Kier alpha value is -0.570. The average Bonchev–Trinajstić information content (AvgIpc) is 2.28. The first kappa shape index (κ1) is 14.5. The first-order valence-corrected chi connectivity index (χ1v) is 6.62. The van der Waals surface area contributed by atoms with Gasteiger partial charge in [-0.3, -0.25) is 0 Å². The summed E-state index contributed by atoms with van der Waals surface area (Å²) in [6.07, 6.45) is 1.84. The minimum Gasteiger partial charge on any atom is -0.387 e. The summed E-state index contributed by atoms with van der Waals surface area (Å²) in [5.74, 6) is 0.741. The third kappa shape index (κ3) is 5.53. The molecule has 3 heteroatoms. The van der Waals surface area contributed by atoms with Gasteiger partial charge in [0.2, 0.25) is 0 Å². The van der Waals surface area contributed by atoms with Crippen molar-refractivity contribution in [3.63, 3.8) is 0 Å². The van der Waals surface area contributed by atoms with Crippen LogP contribution >= 0.6 is 11.6 Å². The average molecular weight is 256 g/mol. The number of hydrogen-bond donors (Lipinski definition) is 2. The first-order chi connectivity index (χ1) is 8.11. The maximum atomic E-state index is 9.96. The van der Waals surface area contributed by atoms with Crippen LogP contribution in [-0.4, -0.2) is 18.2 Å². The third-order valence-corrected chi connectivity index (χ3v) is 3.08. The zero-order chi connectivity index (χ0) is 12.7. The minimum absolute atomic E-state index is 0.525. The van der Waals surface area contributed by atoms with Gasteiger partial charge in [0.05, 0.1) is 6.10 Å². The second-order valence-corrected chi connectivity index (χ2v) is 5.18. The molecular formula is C14H22ClNO. The van der Waals surface area contributed by atoms with Gasteiger partial charge >= 0.3 is 0 Å². The fraction of sp³-hybridized carbons (Fsp3) is 0.571. The molecule has 1 aromatic rings. The van der Waals surface area contributed by atoms with Crippen molar-refractivity contribution in [3.05, 3.63) is 34.9 Å². The van der Waals surface area contributed by atoms with Crippen molar-refractivity contribution in [1.29, 1.82) is 0 Å². The van der Waals surface area contributed by atoms with Crippen LogP contribution in [0.5, 0.6) is 0 Å². The van der Waals surface area contributed by atoms with Crippen LogP contribution in [-0.2, 0) is 0 Å². The number of halogens is 1. The van der Waals surface area contributed by atoms with E-state index >= 15 is 0 Å². The van der Waals surface area contributed by atoms with E-state index in [-0.39, 0.29) is 0 Å². The molecule has 1 atom stereocenters. The summed E-state index contributed by atoms with van der Waals surface area (Å²) in [5, 5.41) is 13.8. The van der Waals surface area contributed by atoms with Crippen LogP contribution < -0.4 is 5.32 Å². The molecule has 96 valence electrons. The summed E-state index contributed by atoms with van der Waals surface area (Å²) in [6.45, 7) is 5.94. The van der Waals surface area contributed by atoms with Gasteiger partial charge in [-0.2, -0.15) is 0 Å². The Balaban J connectivity index is 2.26. The van der Waals surface area contributed by atoms with Crippen LogP contribution in [0, 0.1) is 5.92 Å². The SMILES string of the molecule is CC(C)CCCNCC(O)c1ccccc1Cl. The normalized spacial score (nSPS) is 13.0. The molecule has 2 nitrogen and oxygen atoms in total. The van der Waals surface area contributed by atoms with Crippen molar-refractivity contribution in [2.45, 2.75) is 32.8 Å². The highest BCUT2D eigenvalue weighted by atomic mass is 35.5. The van der Waals surface area contributed by atoms with Gasteiger partial charge < -0.3 is 10.4 Å². The lowest BCUT2D eigenvalue weighted by Crippen LogP contribution is -2.23. The number of hydrogen-bond acceptors (Lipinski definition) is 2. The molecular weight excluding hydrogens is 234 g/mol. The Morgan fingerprint density at radius 1 is 1.29 bits per heavy atom. The first-order valence-electron chi connectivity index (χ1n) is 6.24. The quantitative estimate of drug-likeness (QED) is 0.732. The van der Waals surface area contributed by atoms with E-state index in [1.807, 2.05) is 18.2 Å². The van der Waals surface area contributed by atoms with E-state index in [2.05, 4.69) is 19.2 Å².